The third kappa shape index (κ3) is 5.18. The van der Waals surface area contributed by atoms with Crippen LogP contribution < -0.4 is 5.32 Å². The minimum Gasteiger partial charge on any atom is -0.342 e. The smallest absolute Gasteiger partial charge is 0.342 e. The van der Waals surface area contributed by atoms with Gasteiger partial charge in [-0.3, -0.25) is 4.79 Å². The minimum atomic E-state index is -4.69. The minimum absolute atomic E-state index is 0. The highest BCUT2D eigenvalue weighted by atomic mass is 32.1. The first-order valence-corrected chi connectivity index (χ1v) is 8.40. The number of nitrogens with one attached hydrogen (secondary N) is 1. The lowest BCUT2D eigenvalue weighted by molar-refractivity contribution is -0.137. The second-order valence-electron chi connectivity index (χ2n) is 6.12. The first kappa shape index (κ1) is 23.4. The van der Waals surface area contributed by atoms with Crippen LogP contribution in [0.3, 0.4) is 0 Å². The van der Waals surface area contributed by atoms with E-state index in [4.69, 9.17) is 11.8 Å². The number of carbonyl (C=O) groups is 1. The van der Waals surface area contributed by atoms with E-state index < -0.39 is 23.7 Å². The highest BCUT2D eigenvalue weighted by Gasteiger charge is 2.32. The number of hydrogen-bond donors (Lipinski definition) is 1. The van der Waals surface area contributed by atoms with E-state index in [-0.39, 0.29) is 30.6 Å². The van der Waals surface area contributed by atoms with Gasteiger partial charge in [0.05, 0.1) is 18.2 Å². The molecular formula is C19H14F3N7OS. The molecule has 158 valence electrons. The third-order valence-electron chi connectivity index (χ3n) is 4.04. The molecule has 0 bridgehead atoms. The second kappa shape index (κ2) is 9.28. The monoisotopic (exact) mass is 445 g/mol. The lowest BCUT2D eigenvalue weighted by atomic mass is 10.1. The van der Waals surface area contributed by atoms with E-state index in [0.29, 0.717) is 23.5 Å². The molecule has 12 heteroatoms. The molecule has 1 aromatic carbocycles. The number of alkyl halides is 3. The first-order valence-electron chi connectivity index (χ1n) is 8.40. The number of amides is 1. The van der Waals surface area contributed by atoms with Crippen molar-refractivity contribution in [2.75, 3.05) is 0 Å². The van der Waals surface area contributed by atoms with E-state index in [0.717, 1.165) is 6.07 Å². The predicted octanol–water partition coefficient (Wildman–Crippen LogP) is 3.71. The fourth-order valence-electron chi connectivity index (χ4n) is 2.61. The Hall–Kier alpha value is -3.90. The molecule has 0 unspecified atom stereocenters. The lowest BCUT2D eigenvalue weighted by Gasteiger charge is -2.15. The molecular weight excluding hydrogens is 431 g/mol. The Morgan fingerprint density at radius 3 is 2.61 bits per heavy atom. The summed E-state index contributed by atoms with van der Waals surface area (Å²) >= 11 is 0. The summed E-state index contributed by atoms with van der Waals surface area (Å²) in [4.78, 5) is 23.7. The van der Waals surface area contributed by atoms with Crippen molar-refractivity contribution in [1.82, 2.24) is 25.1 Å². The predicted molar refractivity (Wildman–Crippen MR) is 108 cm³/mol. The summed E-state index contributed by atoms with van der Waals surface area (Å²) in [6, 6.07) is 6.71. The van der Waals surface area contributed by atoms with Crippen molar-refractivity contribution in [1.29, 1.82) is 5.26 Å². The van der Waals surface area contributed by atoms with Crippen LogP contribution >= 0.6 is 13.5 Å². The molecule has 2 aromatic heterocycles. The average Bonchev–Trinajstić information content (AvgIpc) is 3.22. The molecule has 0 saturated carbocycles. The molecule has 2 heterocycles. The molecule has 1 amide bonds. The summed E-state index contributed by atoms with van der Waals surface area (Å²) in [6.45, 7) is 8.54. The molecule has 0 radical (unpaired) electrons. The van der Waals surface area contributed by atoms with Gasteiger partial charge < -0.3 is 5.32 Å². The molecule has 0 fully saturated rings. The molecule has 0 aliphatic heterocycles. The zero-order valence-electron chi connectivity index (χ0n) is 15.8. The van der Waals surface area contributed by atoms with Crippen LogP contribution in [-0.4, -0.2) is 25.7 Å². The lowest BCUT2D eigenvalue weighted by Crippen LogP contribution is -2.29. The summed E-state index contributed by atoms with van der Waals surface area (Å²) in [5.74, 6) is -0.185. The molecule has 3 rings (SSSR count). The van der Waals surface area contributed by atoms with Gasteiger partial charge in [-0.2, -0.15) is 41.7 Å². The Labute approximate surface area is 181 Å². The van der Waals surface area contributed by atoms with Crippen LogP contribution in [0.15, 0.2) is 42.9 Å². The number of nitriles is 1. The van der Waals surface area contributed by atoms with Crippen molar-refractivity contribution in [3.05, 3.63) is 76.8 Å². The number of carbonyl (C=O) groups excluding carboxylic acids is 1. The van der Waals surface area contributed by atoms with Gasteiger partial charge in [0.2, 0.25) is 0 Å². The van der Waals surface area contributed by atoms with Crippen molar-refractivity contribution < 1.29 is 18.0 Å². The summed E-state index contributed by atoms with van der Waals surface area (Å²) in [5.41, 5.74) is -1.33. The first-order chi connectivity index (χ1) is 14.2. The molecule has 0 aliphatic rings. The van der Waals surface area contributed by atoms with Gasteiger partial charge in [0, 0.05) is 17.3 Å². The van der Waals surface area contributed by atoms with Gasteiger partial charge in [-0.05, 0) is 37.3 Å². The molecule has 0 spiro atoms. The van der Waals surface area contributed by atoms with E-state index in [1.54, 1.807) is 13.0 Å². The highest BCUT2D eigenvalue weighted by Crippen LogP contribution is 2.33. The van der Waals surface area contributed by atoms with Crippen LogP contribution in [0.4, 0.5) is 18.9 Å². The zero-order chi connectivity index (χ0) is 21.9. The highest BCUT2D eigenvalue weighted by molar-refractivity contribution is 7.59. The maximum absolute atomic E-state index is 13.0. The molecule has 0 saturated heterocycles. The standard InChI is InChI=1S/C19H12F3N7O.H2S/c1-11(17-26-10-27-29(17)16-4-3-12(8-23)9-25-16)28-18(30)13-5-14(19(20,21)22)7-15(6-13)24-2;/h3-7,9-11H,1H3,(H,28,30);1H2/t11-;/m0./s1. The van der Waals surface area contributed by atoms with Crippen LogP contribution in [0.5, 0.6) is 0 Å². The Morgan fingerprint density at radius 1 is 1.29 bits per heavy atom. The summed E-state index contributed by atoms with van der Waals surface area (Å²) < 4.78 is 40.5. The number of pyridine rings is 1. The Morgan fingerprint density at radius 2 is 2.03 bits per heavy atom. The van der Waals surface area contributed by atoms with Crippen LogP contribution in [0, 0.1) is 17.9 Å². The number of hydrogen-bond acceptors (Lipinski definition) is 5. The SMILES string of the molecule is S.[C-]#[N+]c1cc(C(=O)N[C@@H](C)c2ncnn2-c2ccc(C#N)cn2)cc(C(F)(F)F)c1. The summed E-state index contributed by atoms with van der Waals surface area (Å²) in [7, 11) is 0. The number of rotatable bonds is 4. The normalized spacial score (nSPS) is 11.5. The van der Waals surface area contributed by atoms with Gasteiger partial charge in [0.25, 0.3) is 5.91 Å². The quantitative estimate of drug-likeness (QED) is 0.617. The van der Waals surface area contributed by atoms with Gasteiger partial charge in [-0.1, -0.05) is 0 Å². The molecule has 0 aliphatic carbocycles. The average molecular weight is 445 g/mol. The zero-order valence-corrected chi connectivity index (χ0v) is 16.8. The fraction of sp³-hybridized carbons (Fsp3) is 0.158. The van der Waals surface area contributed by atoms with Crippen LogP contribution in [-0.2, 0) is 6.18 Å². The summed E-state index contributed by atoms with van der Waals surface area (Å²) in [6.07, 6.45) is -2.11. The molecule has 31 heavy (non-hydrogen) atoms. The maximum Gasteiger partial charge on any atom is 0.415 e. The van der Waals surface area contributed by atoms with Crippen molar-refractivity contribution in [3.8, 4) is 11.9 Å². The van der Waals surface area contributed by atoms with Crippen molar-refractivity contribution in [2.24, 2.45) is 0 Å². The van der Waals surface area contributed by atoms with Crippen LogP contribution in [0.25, 0.3) is 10.7 Å². The maximum atomic E-state index is 13.0. The van der Waals surface area contributed by atoms with Crippen molar-refractivity contribution >= 4 is 25.1 Å². The van der Waals surface area contributed by atoms with Crippen LogP contribution in [0.1, 0.15) is 40.3 Å². The van der Waals surface area contributed by atoms with Gasteiger partial charge in [-0.15, -0.1) is 0 Å². The second-order valence-corrected chi connectivity index (χ2v) is 6.12. The number of aromatic nitrogens is 4. The molecule has 1 N–H and O–H groups in total. The fourth-order valence-corrected chi connectivity index (χ4v) is 2.61. The third-order valence-corrected chi connectivity index (χ3v) is 4.04. The molecule has 8 nitrogen and oxygen atoms in total. The van der Waals surface area contributed by atoms with Crippen molar-refractivity contribution in [2.45, 2.75) is 19.1 Å². The van der Waals surface area contributed by atoms with Gasteiger partial charge in [-0.25, -0.2) is 14.8 Å². The number of halogens is 3. The van der Waals surface area contributed by atoms with E-state index in [2.05, 4.69) is 25.2 Å². The van der Waals surface area contributed by atoms with Gasteiger partial charge in [0.15, 0.2) is 17.3 Å². The number of benzene rings is 1. The van der Waals surface area contributed by atoms with Gasteiger partial charge in [0.1, 0.15) is 12.4 Å². The summed E-state index contributed by atoms with van der Waals surface area (Å²) in [5, 5.41) is 15.4. The molecule has 3 aromatic rings. The van der Waals surface area contributed by atoms with E-state index in [1.165, 1.54) is 23.3 Å². The molecule has 1 atom stereocenters. The van der Waals surface area contributed by atoms with E-state index in [1.807, 2.05) is 6.07 Å². The Bertz CT molecular complexity index is 1180. The number of nitrogens with zero attached hydrogens (tertiary/aromatic N) is 6. The van der Waals surface area contributed by atoms with Crippen molar-refractivity contribution in [3.63, 3.8) is 0 Å². The van der Waals surface area contributed by atoms with Gasteiger partial charge >= 0.3 is 6.18 Å². The largest absolute Gasteiger partial charge is 0.415 e. The van der Waals surface area contributed by atoms with E-state index >= 15 is 0 Å². The van der Waals surface area contributed by atoms with Crippen LogP contribution in [0.2, 0.25) is 0 Å². The Kier molecular flexibility index (Phi) is 7.00. The Balaban J connectivity index is 0.00000341. The van der Waals surface area contributed by atoms with E-state index in [9.17, 15) is 18.0 Å². The topological polar surface area (TPSA) is 101 Å².